The van der Waals surface area contributed by atoms with Crippen molar-refractivity contribution in [1.29, 1.82) is 0 Å². The summed E-state index contributed by atoms with van der Waals surface area (Å²) < 4.78 is 5.78. The molecule has 0 amide bonds. The Morgan fingerprint density at radius 2 is 1.75 bits per heavy atom. The molecule has 3 heteroatoms. The Hall–Kier alpha value is -1.06. The van der Waals surface area contributed by atoms with Gasteiger partial charge in [0.05, 0.1) is 0 Å². The fourth-order valence-corrected chi connectivity index (χ4v) is 2.06. The molecule has 3 nitrogen and oxygen atoms in total. The molecule has 0 aliphatic carbocycles. The van der Waals surface area contributed by atoms with Gasteiger partial charge in [0.25, 0.3) is 0 Å². The lowest BCUT2D eigenvalue weighted by atomic mass is 10.2. The molecule has 0 saturated carbocycles. The first-order valence-corrected chi connectivity index (χ1v) is 7.61. The van der Waals surface area contributed by atoms with Crippen LogP contribution in [0.15, 0.2) is 24.3 Å². The van der Waals surface area contributed by atoms with Crippen LogP contribution in [0.4, 0.5) is 0 Å². The zero-order chi connectivity index (χ0) is 15.0. The van der Waals surface area contributed by atoms with Crippen LogP contribution in [0.2, 0.25) is 0 Å². The quantitative estimate of drug-likeness (QED) is 0.751. The van der Waals surface area contributed by atoms with Crippen LogP contribution >= 0.6 is 0 Å². The van der Waals surface area contributed by atoms with Crippen molar-refractivity contribution in [2.45, 2.75) is 40.3 Å². The van der Waals surface area contributed by atoms with Gasteiger partial charge in [0.15, 0.2) is 0 Å². The molecule has 0 atom stereocenters. The van der Waals surface area contributed by atoms with Gasteiger partial charge in [0.2, 0.25) is 0 Å². The smallest absolute Gasteiger partial charge is 0.119 e. The molecule has 0 spiro atoms. The molecule has 1 N–H and O–H groups in total. The Balaban J connectivity index is 2.27. The van der Waals surface area contributed by atoms with E-state index in [1.807, 2.05) is 0 Å². The molecule has 1 rings (SSSR count). The third-order valence-corrected chi connectivity index (χ3v) is 3.06. The van der Waals surface area contributed by atoms with Crippen LogP contribution in [0.3, 0.4) is 0 Å². The van der Waals surface area contributed by atoms with Gasteiger partial charge in [0.1, 0.15) is 12.4 Å². The fourth-order valence-electron chi connectivity index (χ4n) is 2.06. The van der Waals surface area contributed by atoms with Gasteiger partial charge in [-0.2, -0.15) is 0 Å². The highest BCUT2D eigenvalue weighted by atomic mass is 16.5. The molecule has 1 aromatic rings. The van der Waals surface area contributed by atoms with Crippen LogP contribution in [-0.2, 0) is 6.54 Å². The zero-order valence-corrected chi connectivity index (χ0v) is 13.6. The monoisotopic (exact) mass is 278 g/mol. The highest BCUT2D eigenvalue weighted by Gasteiger charge is 2.02. The molecule has 0 saturated heterocycles. The van der Waals surface area contributed by atoms with Crippen LogP contribution in [0.5, 0.6) is 5.75 Å². The van der Waals surface area contributed by atoms with E-state index in [2.05, 4.69) is 69.2 Å². The van der Waals surface area contributed by atoms with Gasteiger partial charge in [-0.3, -0.25) is 0 Å². The summed E-state index contributed by atoms with van der Waals surface area (Å²) in [5, 5.41) is 3.41. The average molecular weight is 278 g/mol. The summed E-state index contributed by atoms with van der Waals surface area (Å²) in [5.74, 6) is 1.66. The van der Waals surface area contributed by atoms with Gasteiger partial charge in [-0.05, 0) is 30.7 Å². The van der Waals surface area contributed by atoms with Crippen LogP contribution in [-0.4, -0.2) is 37.7 Å². The highest BCUT2D eigenvalue weighted by Crippen LogP contribution is 2.12. The first-order chi connectivity index (χ1) is 9.47. The molecule has 0 aromatic heterocycles. The summed E-state index contributed by atoms with van der Waals surface area (Å²) >= 11 is 0. The Morgan fingerprint density at radius 3 is 2.30 bits per heavy atom. The van der Waals surface area contributed by atoms with E-state index in [1.165, 1.54) is 5.56 Å². The van der Waals surface area contributed by atoms with Crippen molar-refractivity contribution in [3.05, 3.63) is 29.8 Å². The van der Waals surface area contributed by atoms with E-state index in [0.29, 0.717) is 12.0 Å². The van der Waals surface area contributed by atoms with Crippen molar-refractivity contribution >= 4 is 0 Å². The number of rotatable bonds is 9. The predicted molar refractivity (Wildman–Crippen MR) is 86.2 cm³/mol. The van der Waals surface area contributed by atoms with E-state index in [-0.39, 0.29) is 0 Å². The van der Waals surface area contributed by atoms with Crippen molar-refractivity contribution in [2.75, 3.05) is 26.7 Å². The molecule has 20 heavy (non-hydrogen) atoms. The molecular weight excluding hydrogens is 248 g/mol. The number of nitrogens with one attached hydrogen (secondary N) is 1. The van der Waals surface area contributed by atoms with Gasteiger partial charge in [0, 0.05) is 25.7 Å². The average Bonchev–Trinajstić information content (AvgIpc) is 2.37. The van der Waals surface area contributed by atoms with Crippen LogP contribution < -0.4 is 10.1 Å². The van der Waals surface area contributed by atoms with Crippen LogP contribution in [0.1, 0.15) is 33.3 Å². The third kappa shape index (κ3) is 7.51. The Labute approximate surface area is 124 Å². The summed E-state index contributed by atoms with van der Waals surface area (Å²) in [6.07, 6.45) is 0. The minimum absolute atomic E-state index is 0.516. The molecule has 0 radical (unpaired) electrons. The van der Waals surface area contributed by atoms with E-state index in [4.69, 9.17) is 4.74 Å². The number of hydrogen-bond acceptors (Lipinski definition) is 3. The van der Waals surface area contributed by atoms with Gasteiger partial charge in [-0.15, -0.1) is 0 Å². The van der Waals surface area contributed by atoms with E-state index < -0.39 is 0 Å². The second kappa shape index (κ2) is 8.98. The maximum absolute atomic E-state index is 5.78. The number of nitrogens with zero attached hydrogens (tertiary/aromatic N) is 1. The number of ether oxygens (including phenoxy) is 1. The number of likely N-dealkylation sites (N-methyl/N-ethyl adjacent to an activating group) is 1. The van der Waals surface area contributed by atoms with Crippen LogP contribution in [0, 0.1) is 5.92 Å². The lowest BCUT2D eigenvalue weighted by Crippen LogP contribution is -2.27. The van der Waals surface area contributed by atoms with Crippen molar-refractivity contribution in [3.63, 3.8) is 0 Å². The first kappa shape index (κ1) is 17.0. The normalized spacial score (nSPS) is 11.6. The van der Waals surface area contributed by atoms with Gasteiger partial charge in [-0.25, -0.2) is 0 Å². The molecule has 0 aliphatic rings. The molecule has 0 unspecified atom stereocenters. The minimum Gasteiger partial charge on any atom is -0.492 e. The molecular formula is C17H30N2O. The lowest BCUT2D eigenvalue weighted by Gasteiger charge is -2.19. The number of benzene rings is 1. The summed E-state index contributed by atoms with van der Waals surface area (Å²) in [5.41, 5.74) is 1.29. The first-order valence-electron chi connectivity index (χ1n) is 7.61. The summed E-state index contributed by atoms with van der Waals surface area (Å²) in [4.78, 5) is 2.31. The third-order valence-electron chi connectivity index (χ3n) is 3.06. The SMILES string of the molecule is CC(C)CN(C)CCOc1ccc(CNC(C)C)cc1. The maximum Gasteiger partial charge on any atom is 0.119 e. The van der Waals surface area contributed by atoms with Crippen LogP contribution in [0.25, 0.3) is 0 Å². The van der Waals surface area contributed by atoms with Gasteiger partial charge in [-0.1, -0.05) is 39.8 Å². The topological polar surface area (TPSA) is 24.5 Å². The van der Waals surface area contributed by atoms with E-state index in [9.17, 15) is 0 Å². The lowest BCUT2D eigenvalue weighted by molar-refractivity contribution is 0.222. The van der Waals surface area contributed by atoms with E-state index in [1.54, 1.807) is 0 Å². The van der Waals surface area contributed by atoms with Crippen molar-refractivity contribution in [3.8, 4) is 5.75 Å². The Bertz CT molecular complexity index is 360. The molecule has 0 bridgehead atoms. The predicted octanol–water partition coefficient (Wildman–Crippen LogP) is 3.15. The molecule has 0 fully saturated rings. The fraction of sp³-hybridized carbons (Fsp3) is 0.647. The Kier molecular flexibility index (Phi) is 7.63. The van der Waals surface area contributed by atoms with E-state index in [0.717, 1.165) is 32.0 Å². The Morgan fingerprint density at radius 1 is 1.10 bits per heavy atom. The minimum atomic E-state index is 0.516. The second-order valence-electron chi connectivity index (χ2n) is 6.18. The maximum atomic E-state index is 5.78. The molecule has 0 aliphatic heterocycles. The molecule has 114 valence electrons. The van der Waals surface area contributed by atoms with Crippen molar-refractivity contribution in [1.82, 2.24) is 10.2 Å². The zero-order valence-electron chi connectivity index (χ0n) is 13.6. The molecule has 1 aromatic carbocycles. The van der Waals surface area contributed by atoms with E-state index >= 15 is 0 Å². The summed E-state index contributed by atoms with van der Waals surface area (Å²) in [6.45, 7) is 12.5. The highest BCUT2D eigenvalue weighted by molar-refractivity contribution is 5.27. The standard InChI is InChI=1S/C17H30N2O/c1-14(2)13-19(5)10-11-20-17-8-6-16(7-9-17)12-18-15(3)4/h6-9,14-15,18H,10-13H2,1-5H3. The van der Waals surface area contributed by atoms with Crippen molar-refractivity contribution < 1.29 is 4.74 Å². The van der Waals surface area contributed by atoms with Gasteiger partial charge >= 0.3 is 0 Å². The second-order valence-corrected chi connectivity index (χ2v) is 6.18. The summed E-state index contributed by atoms with van der Waals surface area (Å²) in [7, 11) is 2.14. The van der Waals surface area contributed by atoms with Gasteiger partial charge < -0.3 is 15.0 Å². The summed E-state index contributed by atoms with van der Waals surface area (Å²) in [6, 6.07) is 8.88. The number of hydrogen-bond donors (Lipinski definition) is 1. The largest absolute Gasteiger partial charge is 0.492 e. The van der Waals surface area contributed by atoms with Crippen molar-refractivity contribution in [2.24, 2.45) is 5.92 Å². The molecule has 0 heterocycles.